The van der Waals surface area contributed by atoms with E-state index in [-0.39, 0.29) is 48.8 Å². The van der Waals surface area contributed by atoms with Crippen LogP contribution in [-0.2, 0) is 16.1 Å². The molecule has 2 fully saturated rings. The molecule has 4 aromatic carbocycles. The number of aromatic hydroxyl groups is 2. The summed E-state index contributed by atoms with van der Waals surface area (Å²) in [5, 5.41) is 55.8. The van der Waals surface area contributed by atoms with Gasteiger partial charge in [-0.3, -0.25) is 34.6 Å². The number of hydrazine groups is 2. The SMILES string of the molecule is C=CCN1C[C@H](C)N([C@@H](c2cccc(O)c2)c2cccc(-c3nnnn3CC(=O)O)c2)C[C@H]1C.C=CCN1C[C@H](C)N([C@@H](c2cccc(O)c2)c2cccc(C3=NNN(CC(=O)O)N3)c2)C[C@H]1C. The molecule has 18 nitrogen and oxygen atoms in total. The fourth-order valence-electron chi connectivity index (χ4n) is 9.53. The minimum absolute atomic E-state index is 0.0690. The van der Waals surface area contributed by atoms with E-state index in [9.17, 15) is 24.9 Å². The van der Waals surface area contributed by atoms with Gasteiger partial charge in [-0.25, -0.2) is 10.2 Å². The van der Waals surface area contributed by atoms with Crippen LogP contribution in [0.3, 0.4) is 0 Å². The number of carboxylic acid groups (broad SMARTS) is 2. The van der Waals surface area contributed by atoms with Crippen LogP contribution in [0.15, 0.2) is 127 Å². The standard InChI is InChI=1S/C25H30N6O3.C25H32N6O3/c1-4-11-29-14-18(3)30(15-17(29)2)24(20-8-6-10-22(32)13-20)19-7-5-9-21(12-19)25-26-27-28-31(25)16-23(33)34;1-4-11-29-14-18(3)30(15-17(29)2)24(20-8-6-10-22(32)13-20)19-7-5-9-21(12-19)25-26-28-31(27-25)16-23(33)34/h4-10,12-13,17-18,24,32H,1,11,14-16H2,2-3H3,(H,33,34);4-10,12-13,17-18,24,28,32H,1,11,14-16H2,2-3H3,(H,26,27)(H,33,34)/t2*17-,18+,24-/m11/s1. The topological polar surface area (TPSA) is 211 Å². The molecule has 0 saturated carbocycles. The third-order valence-corrected chi connectivity index (χ3v) is 12.7. The van der Waals surface area contributed by atoms with Crippen molar-refractivity contribution in [1.29, 1.82) is 0 Å². The summed E-state index contributed by atoms with van der Waals surface area (Å²) in [6.07, 6.45) is 3.89. The van der Waals surface area contributed by atoms with Gasteiger partial charge in [0.25, 0.3) is 0 Å². The summed E-state index contributed by atoms with van der Waals surface area (Å²) < 4.78 is 1.28. The third-order valence-electron chi connectivity index (χ3n) is 12.7. The van der Waals surface area contributed by atoms with Crippen LogP contribution in [0.25, 0.3) is 11.4 Å². The first kappa shape index (κ1) is 49.0. The third kappa shape index (κ3) is 11.8. The van der Waals surface area contributed by atoms with E-state index in [4.69, 9.17) is 5.11 Å². The van der Waals surface area contributed by atoms with Crippen LogP contribution in [0.5, 0.6) is 11.5 Å². The second-order valence-corrected chi connectivity index (χ2v) is 17.7. The molecular formula is C50H62N12O6. The molecule has 0 bridgehead atoms. The Morgan fingerprint density at radius 2 is 1.13 bits per heavy atom. The molecule has 0 spiro atoms. The van der Waals surface area contributed by atoms with E-state index in [2.05, 4.69) is 110 Å². The predicted octanol–water partition coefficient (Wildman–Crippen LogP) is 4.93. The number of tetrazole rings is 1. The zero-order chi connectivity index (χ0) is 48.5. The van der Waals surface area contributed by atoms with Gasteiger partial charge in [-0.05, 0) is 96.8 Å². The van der Waals surface area contributed by atoms with Crippen LogP contribution in [0.1, 0.15) is 67.6 Å². The first-order chi connectivity index (χ1) is 32.7. The average Bonchev–Trinajstić information content (AvgIpc) is 3.97. The fourth-order valence-corrected chi connectivity index (χ4v) is 9.53. The van der Waals surface area contributed by atoms with Crippen molar-refractivity contribution in [2.75, 3.05) is 45.8 Å². The summed E-state index contributed by atoms with van der Waals surface area (Å²) in [7, 11) is 0. The highest BCUT2D eigenvalue weighted by Gasteiger charge is 2.36. The van der Waals surface area contributed by atoms with Crippen LogP contribution >= 0.6 is 0 Å². The monoisotopic (exact) mass is 926 g/mol. The van der Waals surface area contributed by atoms with Crippen molar-refractivity contribution in [2.24, 2.45) is 5.10 Å². The number of benzene rings is 4. The highest BCUT2D eigenvalue weighted by molar-refractivity contribution is 5.99. The van der Waals surface area contributed by atoms with E-state index in [0.717, 1.165) is 72.6 Å². The van der Waals surface area contributed by atoms with Gasteiger partial charge in [0.15, 0.2) is 11.7 Å². The number of nitrogens with zero attached hydrogens (tertiary/aromatic N) is 10. The van der Waals surface area contributed by atoms with Gasteiger partial charge < -0.3 is 20.4 Å². The summed E-state index contributed by atoms with van der Waals surface area (Å²) in [6, 6.07) is 31.8. The van der Waals surface area contributed by atoms with E-state index in [1.165, 1.54) is 9.80 Å². The summed E-state index contributed by atoms with van der Waals surface area (Å²) >= 11 is 0. The first-order valence-corrected chi connectivity index (χ1v) is 22.8. The smallest absolute Gasteiger partial charge is 0.325 e. The molecule has 0 unspecified atom stereocenters. The highest BCUT2D eigenvalue weighted by Crippen LogP contribution is 2.37. The van der Waals surface area contributed by atoms with Gasteiger partial charge in [0.1, 0.15) is 24.6 Å². The number of phenols is 2. The number of amidine groups is 1. The second-order valence-electron chi connectivity index (χ2n) is 17.7. The molecule has 1 aromatic heterocycles. The van der Waals surface area contributed by atoms with Crippen molar-refractivity contribution >= 4 is 17.8 Å². The minimum Gasteiger partial charge on any atom is -0.508 e. The number of hydrogen-bond acceptors (Lipinski definition) is 15. The zero-order valence-electron chi connectivity index (χ0n) is 39.0. The number of aromatic nitrogens is 4. The number of aliphatic carboxylic acids is 2. The summed E-state index contributed by atoms with van der Waals surface area (Å²) in [5.74, 6) is -0.573. The largest absolute Gasteiger partial charge is 0.508 e. The Balaban J connectivity index is 0.000000201. The molecule has 3 aliphatic rings. The number of piperazine rings is 2. The van der Waals surface area contributed by atoms with E-state index >= 15 is 0 Å². The van der Waals surface area contributed by atoms with Crippen LogP contribution in [0.4, 0.5) is 0 Å². The van der Waals surface area contributed by atoms with E-state index in [1.54, 1.807) is 18.2 Å². The Hall–Kier alpha value is -6.96. The van der Waals surface area contributed by atoms with Crippen LogP contribution in [0.2, 0.25) is 0 Å². The van der Waals surface area contributed by atoms with E-state index in [1.807, 2.05) is 72.8 Å². The maximum Gasteiger partial charge on any atom is 0.325 e. The number of hydrazone groups is 1. The number of nitrogens with one attached hydrogen (secondary N) is 2. The van der Waals surface area contributed by atoms with Crippen LogP contribution < -0.4 is 11.0 Å². The maximum atomic E-state index is 11.2. The van der Waals surface area contributed by atoms with Gasteiger partial charge in [0, 0.05) is 74.6 Å². The van der Waals surface area contributed by atoms with E-state index in [0.29, 0.717) is 23.7 Å². The molecule has 4 heterocycles. The Morgan fingerprint density at radius 1 is 0.662 bits per heavy atom. The Morgan fingerprint density at radius 3 is 1.62 bits per heavy atom. The molecule has 0 aliphatic carbocycles. The number of phenolic OH excluding ortho intramolecular Hbond substituents is 2. The molecule has 3 aliphatic heterocycles. The molecule has 8 rings (SSSR count). The second kappa shape index (κ2) is 22.2. The van der Waals surface area contributed by atoms with Gasteiger partial charge in [0.05, 0.1) is 12.1 Å². The number of carboxylic acids is 2. The van der Waals surface area contributed by atoms with Crippen molar-refractivity contribution in [2.45, 2.75) is 70.5 Å². The zero-order valence-corrected chi connectivity index (χ0v) is 39.0. The van der Waals surface area contributed by atoms with Gasteiger partial charge in [-0.2, -0.15) is 0 Å². The molecule has 68 heavy (non-hydrogen) atoms. The number of rotatable bonds is 16. The Labute approximate surface area is 397 Å². The molecule has 0 amide bonds. The van der Waals surface area contributed by atoms with Gasteiger partial charge in [0.2, 0.25) is 0 Å². The van der Waals surface area contributed by atoms with Crippen molar-refractivity contribution in [3.63, 3.8) is 0 Å². The predicted molar refractivity (Wildman–Crippen MR) is 259 cm³/mol. The summed E-state index contributed by atoms with van der Waals surface area (Å²) in [4.78, 5) is 32.0. The Kier molecular flexibility index (Phi) is 16.0. The number of carbonyl (C=O) groups is 2. The summed E-state index contributed by atoms with van der Waals surface area (Å²) in [6.45, 7) is 21.4. The average molecular weight is 927 g/mol. The van der Waals surface area contributed by atoms with E-state index < -0.39 is 11.9 Å². The molecule has 6 N–H and O–H groups in total. The fraction of sp³-hybridized carbons (Fsp3) is 0.360. The first-order valence-electron chi connectivity index (χ1n) is 22.8. The van der Waals surface area contributed by atoms with Crippen molar-refractivity contribution < 1.29 is 30.0 Å². The maximum absolute atomic E-state index is 11.2. The van der Waals surface area contributed by atoms with Gasteiger partial charge in [-0.15, -0.1) is 28.5 Å². The van der Waals surface area contributed by atoms with Crippen molar-refractivity contribution in [3.05, 3.63) is 150 Å². The minimum atomic E-state index is -1.01. The van der Waals surface area contributed by atoms with Crippen molar-refractivity contribution in [1.82, 2.24) is 55.9 Å². The Bertz CT molecular complexity index is 2590. The van der Waals surface area contributed by atoms with Gasteiger partial charge in [-0.1, -0.05) is 72.8 Å². The highest BCUT2D eigenvalue weighted by atomic mass is 16.4. The molecule has 0 radical (unpaired) electrons. The van der Waals surface area contributed by atoms with Crippen LogP contribution in [0, 0.1) is 0 Å². The molecule has 6 atom stereocenters. The molecule has 358 valence electrons. The lowest BCUT2D eigenvalue weighted by molar-refractivity contribution is -0.140. The molecule has 5 aromatic rings. The lowest BCUT2D eigenvalue weighted by Gasteiger charge is -2.47. The van der Waals surface area contributed by atoms with Gasteiger partial charge >= 0.3 is 11.9 Å². The normalized spacial score (nSPS) is 21.3. The number of hydrogen-bond donors (Lipinski definition) is 6. The quantitative estimate of drug-likeness (QED) is 0.0725. The van der Waals surface area contributed by atoms with Crippen LogP contribution in [-0.4, -0.2) is 153 Å². The molecular weight excluding hydrogens is 865 g/mol. The summed E-state index contributed by atoms with van der Waals surface area (Å²) in [5.41, 5.74) is 11.3. The lowest BCUT2D eigenvalue weighted by atomic mass is 9.92. The molecule has 2 saturated heterocycles. The molecule has 18 heteroatoms. The lowest BCUT2D eigenvalue weighted by Crippen LogP contribution is -2.57. The van der Waals surface area contributed by atoms with Crippen molar-refractivity contribution in [3.8, 4) is 22.9 Å².